The zero-order valence-electron chi connectivity index (χ0n) is 17.3. The Morgan fingerprint density at radius 3 is 2.70 bits per heavy atom. The number of hydrogen-bond acceptors (Lipinski definition) is 8. The summed E-state index contributed by atoms with van der Waals surface area (Å²) in [5.41, 5.74) is 1.84. The van der Waals surface area contributed by atoms with Crippen LogP contribution in [0, 0.1) is 0 Å². The van der Waals surface area contributed by atoms with Gasteiger partial charge in [-0.1, -0.05) is 72.4 Å². The zero-order valence-corrected chi connectivity index (χ0v) is 18.9. The van der Waals surface area contributed by atoms with E-state index in [1.54, 1.807) is 0 Å². The van der Waals surface area contributed by atoms with E-state index in [2.05, 4.69) is 20.5 Å². The van der Waals surface area contributed by atoms with E-state index in [9.17, 15) is 4.79 Å². The summed E-state index contributed by atoms with van der Waals surface area (Å²) in [6.07, 6.45) is 0. The van der Waals surface area contributed by atoms with Crippen molar-refractivity contribution in [3.8, 4) is 17.0 Å². The molecule has 0 fully saturated rings. The number of anilines is 1. The fourth-order valence-corrected chi connectivity index (χ4v) is 4.43. The molecule has 2 aromatic heterocycles. The Bertz CT molecular complexity index is 1380. The monoisotopic (exact) mass is 474 g/mol. The van der Waals surface area contributed by atoms with Gasteiger partial charge in [0, 0.05) is 10.9 Å². The standard InChI is InChI=1S/C24H18N4O3S2/c29-21(26-23-25-20(14-32-23)17-7-2-1-3-8-17)15-33-24-28-27-22(31-24)13-30-19-11-10-16-6-4-5-9-18(16)12-19/h1-12,14H,13,15H2,(H,25,26,29). The second-order valence-electron chi connectivity index (χ2n) is 7.00. The third kappa shape index (κ3) is 5.39. The van der Waals surface area contributed by atoms with Crippen molar-refractivity contribution < 1.29 is 13.9 Å². The number of aromatic nitrogens is 3. The number of amides is 1. The number of thiazole rings is 1. The molecule has 0 aliphatic heterocycles. The van der Waals surface area contributed by atoms with Crippen LogP contribution in [0.5, 0.6) is 5.75 Å². The van der Waals surface area contributed by atoms with Crippen LogP contribution >= 0.6 is 23.1 Å². The largest absolute Gasteiger partial charge is 0.484 e. The van der Waals surface area contributed by atoms with Crippen LogP contribution in [-0.2, 0) is 11.4 Å². The summed E-state index contributed by atoms with van der Waals surface area (Å²) in [6, 6.07) is 23.8. The first kappa shape index (κ1) is 21.2. The lowest BCUT2D eigenvalue weighted by Crippen LogP contribution is -2.13. The van der Waals surface area contributed by atoms with Gasteiger partial charge in [-0.25, -0.2) is 4.98 Å². The van der Waals surface area contributed by atoms with E-state index in [0.717, 1.165) is 39.5 Å². The van der Waals surface area contributed by atoms with E-state index >= 15 is 0 Å². The van der Waals surface area contributed by atoms with Crippen LogP contribution < -0.4 is 10.1 Å². The van der Waals surface area contributed by atoms with Gasteiger partial charge >= 0.3 is 0 Å². The number of ether oxygens (including phenoxy) is 1. The maximum absolute atomic E-state index is 12.3. The minimum Gasteiger partial charge on any atom is -0.484 e. The number of thioether (sulfide) groups is 1. The molecule has 0 spiro atoms. The summed E-state index contributed by atoms with van der Waals surface area (Å²) in [7, 11) is 0. The average molecular weight is 475 g/mol. The predicted octanol–water partition coefficient (Wildman–Crippen LogP) is 5.66. The number of rotatable bonds is 8. The Morgan fingerprint density at radius 2 is 1.82 bits per heavy atom. The van der Waals surface area contributed by atoms with Gasteiger partial charge in [-0.05, 0) is 22.9 Å². The minimum atomic E-state index is -0.193. The third-order valence-corrected chi connectivity index (χ3v) is 6.25. The van der Waals surface area contributed by atoms with Crippen molar-refractivity contribution in [3.63, 3.8) is 0 Å². The van der Waals surface area contributed by atoms with Crippen LogP contribution in [0.4, 0.5) is 5.13 Å². The fraction of sp³-hybridized carbons (Fsp3) is 0.0833. The summed E-state index contributed by atoms with van der Waals surface area (Å²) in [4.78, 5) is 16.7. The third-order valence-electron chi connectivity index (χ3n) is 4.68. The topological polar surface area (TPSA) is 90.1 Å². The smallest absolute Gasteiger partial charge is 0.277 e. The van der Waals surface area contributed by atoms with E-state index in [1.807, 2.05) is 78.2 Å². The quantitative estimate of drug-likeness (QED) is 0.290. The maximum Gasteiger partial charge on any atom is 0.277 e. The highest BCUT2D eigenvalue weighted by molar-refractivity contribution is 7.99. The molecule has 0 saturated carbocycles. The van der Waals surface area contributed by atoms with Gasteiger partial charge in [0.05, 0.1) is 11.4 Å². The normalized spacial score (nSPS) is 10.9. The molecule has 1 N–H and O–H groups in total. The molecule has 0 unspecified atom stereocenters. The molecule has 0 saturated heterocycles. The van der Waals surface area contributed by atoms with E-state index < -0.39 is 0 Å². The number of carbonyl (C=O) groups is 1. The molecule has 164 valence electrons. The molecule has 0 aliphatic rings. The molecule has 5 aromatic rings. The predicted molar refractivity (Wildman–Crippen MR) is 129 cm³/mol. The molecule has 1 amide bonds. The number of hydrogen-bond donors (Lipinski definition) is 1. The Hall–Kier alpha value is -3.69. The second-order valence-corrected chi connectivity index (χ2v) is 8.78. The summed E-state index contributed by atoms with van der Waals surface area (Å²) < 4.78 is 11.3. The first-order valence-corrected chi connectivity index (χ1v) is 12.0. The molecule has 0 atom stereocenters. The lowest BCUT2D eigenvalue weighted by molar-refractivity contribution is -0.113. The highest BCUT2D eigenvalue weighted by Gasteiger charge is 2.12. The number of benzene rings is 3. The summed E-state index contributed by atoms with van der Waals surface area (Å²) in [6.45, 7) is 0.152. The van der Waals surface area contributed by atoms with Gasteiger partial charge in [0.25, 0.3) is 11.1 Å². The average Bonchev–Trinajstić information content (AvgIpc) is 3.51. The van der Waals surface area contributed by atoms with Crippen LogP contribution in [0.1, 0.15) is 5.89 Å². The Labute approximate surface area is 197 Å². The SMILES string of the molecule is O=C(CSc1nnc(COc2ccc3ccccc3c2)o1)Nc1nc(-c2ccccc2)cs1. The molecule has 9 heteroatoms. The minimum absolute atomic E-state index is 0.132. The van der Waals surface area contributed by atoms with Crippen molar-refractivity contribution in [3.05, 3.63) is 84.1 Å². The highest BCUT2D eigenvalue weighted by Crippen LogP contribution is 2.25. The Kier molecular flexibility index (Phi) is 6.32. The first-order valence-electron chi connectivity index (χ1n) is 10.1. The van der Waals surface area contributed by atoms with Gasteiger partial charge < -0.3 is 14.5 Å². The molecular weight excluding hydrogens is 456 g/mol. The lowest BCUT2D eigenvalue weighted by Gasteiger charge is -2.04. The van der Waals surface area contributed by atoms with E-state index in [4.69, 9.17) is 9.15 Å². The Morgan fingerprint density at radius 1 is 1.00 bits per heavy atom. The molecule has 5 rings (SSSR count). The van der Waals surface area contributed by atoms with Crippen LogP contribution in [0.2, 0.25) is 0 Å². The number of carbonyl (C=O) groups excluding carboxylic acids is 1. The Balaban J connectivity index is 1.11. The summed E-state index contributed by atoms with van der Waals surface area (Å²) in [5.74, 6) is 1.01. The molecule has 0 aliphatic carbocycles. The van der Waals surface area contributed by atoms with Crippen molar-refractivity contribution in [1.82, 2.24) is 15.2 Å². The maximum atomic E-state index is 12.3. The van der Waals surface area contributed by atoms with Crippen LogP contribution in [0.3, 0.4) is 0 Å². The highest BCUT2D eigenvalue weighted by atomic mass is 32.2. The molecule has 0 bridgehead atoms. The van der Waals surface area contributed by atoms with Crippen molar-refractivity contribution in [2.45, 2.75) is 11.8 Å². The van der Waals surface area contributed by atoms with Gasteiger partial charge in [0.15, 0.2) is 11.7 Å². The zero-order chi connectivity index (χ0) is 22.5. The van der Waals surface area contributed by atoms with Crippen molar-refractivity contribution in [1.29, 1.82) is 0 Å². The summed E-state index contributed by atoms with van der Waals surface area (Å²) >= 11 is 2.55. The van der Waals surface area contributed by atoms with Crippen LogP contribution in [0.15, 0.2) is 87.8 Å². The molecule has 7 nitrogen and oxygen atoms in total. The van der Waals surface area contributed by atoms with Gasteiger partial charge in [-0.15, -0.1) is 21.5 Å². The lowest BCUT2D eigenvalue weighted by atomic mass is 10.1. The van der Waals surface area contributed by atoms with E-state index in [0.29, 0.717) is 16.2 Å². The molecule has 2 heterocycles. The molecular formula is C24H18N4O3S2. The van der Waals surface area contributed by atoms with Crippen LogP contribution in [-0.4, -0.2) is 26.8 Å². The first-order chi connectivity index (χ1) is 16.2. The number of nitrogens with zero attached hydrogens (tertiary/aromatic N) is 3. The number of fused-ring (bicyclic) bond motifs is 1. The molecule has 3 aromatic carbocycles. The van der Waals surface area contributed by atoms with Crippen molar-refractivity contribution in [2.24, 2.45) is 0 Å². The van der Waals surface area contributed by atoms with Crippen LogP contribution in [0.25, 0.3) is 22.0 Å². The van der Waals surface area contributed by atoms with E-state index in [1.165, 1.54) is 11.3 Å². The number of nitrogens with one attached hydrogen (secondary N) is 1. The van der Waals surface area contributed by atoms with Gasteiger partial charge in [0.1, 0.15) is 5.75 Å². The second kappa shape index (κ2) is 9.85. The molecule has 0 radical (unpaired) electrons. The van der Waals surface area contributed by atoms with Gasteiger partial charge in [-0.2, -0.15) is 0 Å². The van der Waals surface area contributed by atoms with Crippen molar-refractivity contribution >= 4 is 44.9 Å². The molecule has 33 heavy (non-hydrogen) atoms. The van der Waals surface area contributed by atoms with Gasteiger partial charge in [0.2, 0.25) is 5.91 Å². The summed E-state index contributed by atoms with van der Waals surface area (Å²) in [5, 5.41) is 15.8. The fourth-order valence-electron chi connectivity index (χ4n) is 3.11. The van der Waals surface area contributed by atoms with Gasteiger partial charge in [-0.3, -0.25) is 4.79 Å². The van der Waals surface area contributed by atoms with E-state index in [-0.39, 0.29) is 18.3 Å². The van der Waals surface area contributed by atoms with Crippen molar-refractivity contribution in [2.75, 3.05) is 11.1 Å².